The van der Waals surface area contributed by atoms with Crippen LogP contribution in [0.25, 0.3) is 0 Å². The SMILES string of the molecule is CCCCCCCCCCCCCCC=CCc1[nH]cc[n+]1CCO.[Cl-]. The van der Waals surface area contributed by atoms with Gasteiger partial charge in [0, 0.05) is 0 Å². The van der Waals surface area contributed by atoms with Crippen LogP contribution in [-0.2, 0) is 13.0 Å². The van der Waals surface area contributed by atoms with E-state index in [4.69, 9.17) is 5.11 Å². The molecule has 0 unspecified atom stereocenters. The second-order valence-electron chi connectivity index (χ2n) is 7.18. The van der Waals surface area contributed by atoms with Crippen LogP contribution in [0.2, 0.25) is 0 Å². The number of aliphatic hydroxyl groups excluding tert-OH is 1. The highest BCUT2D eigenvalue weighted by molar-refractivity contribution is 4.91. The van der Waals surface area contributed by atoms with Gasteiger partial charge in [0.1, 0.15) is 18.9 Å². The molecular weight excluding hydrogens is 344 g/mol. The summed E-state index contributed by atoms with van der Waals surface area (Å²) < 4.78 is 2.08. The first-order chi connectivity index (χ1) is 12.4. The number of imidazole rings is 1. The van der Waals surface area contributed by atoms with E-state index in [1.54, 1.807) is 0 Å². The van der Waals surface area contributed by atoms with Gasteiger partial charge >= 0.3 is 0 Å². The van der Waals surface area contributed by atoms with E-state index in [-0.39, 0.29) is 19.0 Å². The van der Waals surface area contributed by atoms with Gasteiger partial charge in [0.05, 0.1) is 13.0 Å². The predicted octanol–water partition coefficient (Wildman–Crippen LogP) is 2.49. The average molecular weight is 385 g/mol. The number of hydrogen-bond acceptors (Lipinski definition) is 1. The zero-order chi connectivity index (χ0) is 18.0. The van der Waals surface area contributed by atoms with Crippen LogP contribution in [0.5, 0.6) is 0 Å². The molecule has 0 aromatic carbocycles. The van der Waals surface area contributed by atoms with Crippen LogP contribution in [0.3, 0.4) is 0 Å². The normalized spacial score (nSPS) is 11.2. The van der Waals surface area contributed by atoms with Crippen molar-refractivity contribution in [3.63, 3.8) is 0 Å². The van der Waals surface area contributed by atoms with Gasteiger partial charge in [-0.1, -0.05) is 89.7 Å². The van der Waals surface area contributed by atoms with Crippen LogP contribution in [0.15, 0.2) is 24.5 Å². The molecule has 0 fully saturated rings. The second-order valence-corrected chi connectivity index (χ2v) is 7.18. The molecule has 1 aromatic rings. The van der Waals surface area contributed by atoms with Crippen molar-refractivity contribution < 1.29 is 22.1 Å². The van der Waals surface area contributed by atoms with Gasteiger partial charge in [0.15, 0.2) is 0 Å². The maximum atomic E-state index is 9.01. The lowest BCUT2D eigenvalue weighted by Gasteiger charge is -2.02. The van der Waals surface area contributed by atoms with E-state index in [2.05, 4.69) is 28.6 Å². The van der Waals surface area contributed by atoms with Crippen LogP contribution >= 0.6 is 0 Å². The Balaban J connectivity index is 0.00000625. The zero-order valence-electron chi connectivity index (χ0n) is 16.9. The number of aromatic nitrogens is 2. The molecule has 0 amide bonds. The van der Waals surface area contributed by atoms with Crippen molar-refractivity contribution in [2.24, 2.45) is 0 Å². The van der Waals surface area contributed by atoms with E-state index in [0.717, 1.165) is 6.42 Å². The van der Waals surface area contributed by atoms with Gasteiger partial charge in [0.2, 0.25) is 0 Å². The summed E-state index contributed by atoms with van der Waals surface area (Å²) in [6.45, 7) is 3.15. The summed E-state index contributed by atoms with van der Waals surface area (Å²) in [5.74, 6) is 1.17. The molecule has 26 heavy (non-hydrogen) atoms. The monoisotopic (exact) mass is 384 g/mol. The number of unbranched alkanes of at least 4 members (excludes halogenated alkanes) is 12. The highest BCUT2D eigenvalue weighted by atomic mass is 35.5. The minimum Gasteiger partial charge on any atom is -1.00 e. The first-order valence-corrected chi connectivity index (χ1v) is 10.7. The summed E-state index contributed by atoms with van der Waals surface area (Å²) in [5, 5.41) is 9.01. The summed E-state index contributed by atoms with van der Waals surface area (Å²) in [7, 11) is 0. The summed E-state index contributed by atoms with van der Waals surface area (Å²) in [6, 6.07) is 0. The van der Waals surface area contributed by atoms with Crippen LogP contribution in [-0.4, -0.2) is 16.7 Å². The number of nitrogens with zero attached hydrogens (tertiary/aromatic N) is 1. The lowest BCUT2D eigenvalue weighted by Crippen LogP contribution is -3.00. The Hall–Kier alpha value is -0.800. The molecule has 0 aliphatic rings. The third kappa shape index (κ3) is 13.4. The van der Waals surface area contributed by atoms with Crippen molar-refractivity contribution in [1.82, 2.24) is 4.98 Å². The number of H-pyrrole nitrogens is 1. The Morgan fingerprint density at radius 1 is 0.885 bits per heavy atom. The zero-order valence-corrected chi connectivity index (χ0v) is 17.7. The van der Waals surface area contributed by atoms with E-state index in [1.807, 2.05) is 12.4 Å². The molecule has 0 saturated heterocycles. The van der Waals surface area contributed by atoms with E-state index in [1.165, 1.54) is 89.3 Å². The Bertz CT molecular complexity index is 432. The highest BCUT2D eigenvalue weighted by Gasteiger charge is 2.06. The Kier molecular flexibility index (Phi) is 18.4. The van der Waals surface area contributed by atoms with Crippen LogP contribution in [0, 0.1) is 0 Å². The van der Waals surface area contributed by atoms with Crippen molar-refractivity contribution >= 4 is 0 Å². The Labute approximate surface area is 167 Å². The maximum absolute atomic E-state index is 9.01. The summed E-state index contributed by atoms with van der Waals surface area (Å²) in [4.78, 5) is 3.24. The largest absolute Gasteiger partial charge is 1.00 e. The van der Waals surface area contributed by atoms with Gasteiger partial charge in [-0.3, -0.25) is 0 Å². The molecule has 0 aliphatic heterocycles. The molecule has 3 nitrogen and oxygen atoms in total. The summed E-state index contributed by atoms with van der Waals surface area (Å²) in [6.07, 6.45) is 27.5. The molecule has 0 aliphatic carbocycles. The van der Waals surface area contributed by atoms with Crippen molar-refractivity contribution in [3.8, 4) is 0 Å². The second kappa shape index (κ2) is 19.0. The number of halogens is 1. The van der Waals surface area contributed by atoms with Gasteiger partial charge in [0.25, 0.3) is 5.82 Å². The lowest BCUT2D eigenvalue weighted by atomic mass is 10.0. The fraction of sp³-hybridized carbons (Fsp3) is 0.773. The third-order valence-electron chi connectivity index (χ3n) is 4.89. The number of hydrogen-bond donors (Lipinski definition) is 2. The number of allylic oxidation sites excluding steroid dienone is 2. The molecule has 0 spiro atoms. The van der Waals surface area contributed by atoms with Crippen LogP contribution in [0.1, 0.15) is 96.2 Å². The molecule has 152 valence electrons. The molecule has 0 radical (unpaired) electrons. The summed E-state index contributed by atoms with van der Waals surface area (Å²) in [5.41, 5.74) is 0. The van der Waals surface area contributed by atoms with E-state index < -0.39 is 0 Å². The number of nitrogens with one attached hydrogen (secondary N) is 1. The Morgan fingerprint density at radius 3 is 2.04 bits per heavy atom. The van der Waals surface area contributed by atoms with Gasteiger partial charge in [-0.15, -0.1) is 0 Å². The first kappa shape index (κ1) is 25.2. The van der Waals surface area contributed by atoms with Crippen molar-refractivity contribution in [3.05, 3.63) is 30.4 Å². The van der Waals surface area contributed by atoms with Crippen molar-refractivity contribution in [1.29, 1.82) is 0 Å². The van der Waals surface area contributed by atoms with Crippen molar-refractivity contribution in [2.75, 3.05) is 6.61 Å². The smallest absolute Gasteiger partial charge is 0.258 e. The fourth-order valence-electron chi connectivity index (χ4n) is 3.31. The molecule has 1 heterocycles. The molecule has 4 heteroatoms. The highest BCUT2D eigenvalue weighted by Crippen LogP contribution is 2.12. The van der Waals surface area contributed by atoms with Gasteiger partial charge in [-0.2, -0.15) is 0 Å². The maximum Gasteiger partial charge on any atom is 0.258 e. The van der Waals surface area contributed by atoms with E-state index in [9.17, 15) is 0 Å². The number of aliphatic hydroxyl groups is 1. The van der Waals surface area contributed by atoms with Gasteiger partial charge in [-0.25, -0.2) is 9.55 Å². The van der Waals surface area contributed by atoms with Crippen LogP contribution < -0.4 is 17.0 Å². The summed E-state index contributed by atoms with van der Waals surface area (Å²) >= 11 is 0. The quantitative estimate of drug-likeness (QED) is 0.242. The minimum atomic E-state index is 0. The molecule has 2 N–H and O–H groups in total. The Morgan fingerprint density at radius 2 is 1.46 bits per heavy atom. The fourth-order valence-corrected chi connectivity index (χ4v) is 3.31. The first-order valence-electron chi connectivity index (χ1n) is 10.7. The van der Waals surface area contributed by atoms with Crippen molar-refractivity contribution in [2.45, 2.75) is 103 Å². The molecule has 0 saturated carbocycles. The average Bonchev–Trinajstić information content (AvgIpc) is 3.06. The topological polar surface area (TPSA) is 39.9 Å². The number of rotatable bonds is 17. The predicted molar refractivity (Wildman–Crippen MR) is 107 cm³/mol. The molecule has 1 aromatic heterocycles. The van der Waals surface area contributed by atoms with E-state index in [0.29, 0.717) is 6.54 Å². The molecule has 0 bridgehead atoms. The molecule has 1 rings (SSSR count). The standard InChI is InChI=1S/C22H40N2O.ClH/c1-2-3-4-5-6-7-8-9-10-11-12-13-14-15-16-17-22-23-18-19-24(22)20-21-25;/h15-16,18-19,25H,2-14,17,20-21H2,1H3;1H. The third-order valence-corrected chi connectivity index (χ3v) is 4.89. The molecular formula is C22H41ClN2O. The molecule has 0 atom stereocenters. The lowest BCUT2D eigenvalue weighted by molar-refractivity contribution is -0.703. The number of aromatic amines is 1. The van der Waals surface area contributed by atoms with E-state index >= 15 is 0 Å². The minimum absolute atomic E-state index is 0. The van der Waals surface area contributed by atoms with Crippen LogP contribution in [0.4, 0.5) is 0 Å². The van der Waals surface area contributed by atoms with Gasteiger partial charge in [-0.05, 0) is 12.8 Å². The van der Waals surface area contributed by atoms with Gasteiger partial charge < -0.3 is 17.5 Å².